The zero-order chi connectivity index (χ0) is 15.6. The topological polar surface area (TPSA) is 61.9 Å². The largest absolute Gasteiger partial charge is 0.365 e. The molecule has 0 aromatic rings. The molecule has 1 saturated carbocycles. The van der Waals surface area contributed by atoms with Gasteiger partial charge in [0.25, 0.3) is 0 Å². The van der Waals surface area contributed by atoms with Gasteiger partial charge in [-0.25, -0.2) is 0 Å². The molecule has 0 spiro atoms. The Balaban J connectivity index is 1.57. The molecule has 1 atom stereocenters. The van der Waals surface area contributed by atoms with Crippen molar-refractivity contribution < 1.29 is 14.3 Å². The average molecular weight is 309 g/mol. The van der Waals surface area contributed by atoms with Crippen LogP contribution in [0.5, 0.6) is 0 Å². The van der Waals surface area contributed by atoms with Gasteiger partial charge in [-0.1, -0.05) is 12.8 Å². The van der Waals surface area contributed by atoms with Crippen molar-refractivity contribution in [2.24, 2.45) is 0 Å². The number of amides is 2. The number of carbonyl (C=O) groups excluding carboxylic acids is 2. The second-order valence-corrected chi connectivity index (χ2v) is 6.85. The van der Waals surface area contributed by atoms with Crippen molar-refractivity contribution in [1.82, 2.24) is 15.1 Å². The number of hydrogen-bond acceptors (Lipinski definition) is 4. The molecule has 2 aliphatic heterocycles. The van der Waals surface area contributed by atoms with Crippen LogP contribution in [0.4, 0.5) is 0 Å². The first-order valence-corrected chi connectivity index (χ1v) is 8.51. The predicted octanol–water partition coefficient (Wildman–Crippen LogP) is 0.368. The van der Waals surface area contributed by atoms with Gasteiger partial charge >= 0.3 is 0 Å². The number of ether oxygens (including phenoxy) is 1. The molecule has 1 aliphatic carbocycles. The molecule has 6 nitrogen and oxygen atoms in total. The van der Waals surface area contributed by atoms with Gasteiger partial charge in [0.05, 0.1) is 6.10 Å². The highest BCUT2D eigenvalue weighted by molar-refractivity contribution is 5.86. The molecule has 3 rings (SSSR count). The third-order valence-electron chi connectivity index (χ3n) is 5.40. The van der Waals surface area contributed by atoms with E-state index in [9.17, 15) is 9.59 Å². The summed E-state index contributed by atoms with van der Waals surface area (Å²) in [4.78, 5) is 28.3. The van der Waals surface area contributed by atoms with Crippen LogP contribution in [0, 0.1) is 0 Å². The lowest BCUT2D eigenvalue weighted by molar-refractivity contribution is -0.147. The maximum Gasteiger partial charge on any atom is 0.248 e. The molecule has 6 heteroatoms. The fraction of sp³-hybridized carbons (Fsp3) is 0.875. The van der Waals surface area contributed by atoms with Gasteiger partial charge in [0.15, 0.2) is 0 Å². The molecule has 0 aromatic heterocycles. The Kier molecular flexibility index (Phi) is 4.68. The Morgan fingerprint density at radius 1 is 1.27 bits per heavy atom. The Labute approximate surface area is 132 Å². The summed E-state index contributed by atoms with van der Waals surface area (Å²) in [5.41, 5.74) is -0.285. The van der Waals surface area contributed by atoms with Crippen LogP contribution in [0.15, 0.2) is 0 Å². The van der Waals surface area contributed by atoms with Crippen molar-refractivity contribution in [3.63, 3.8) is 0 Å². The number of likely N-dealkylation sites (tertiary alicyclic amines) is 1. The molecule has 0 aromatic carbocycles. The van der Waals surface area contributed by atoms with E-state index in [1.807, 2.05) is 0 Å². The van der Waals surface area contributed by atoms with Crippen molar-refractivity contribution in [2.75, 3.05) is 39.8 Å². The van der Waals surface area contributed by atoms with Crippen LogP contribution in [0.2, 0.25) is 0 Å². The van der Waals surface area contributed by atoms with Crippen LogP contribution in [0.1, 0.15) is 38.5 Å². The van der Waals surface area contributed by atoms with Crippen LogP contribution >= 0.6 is 0 Å². The SMILES string of the molecule is CN1CC(CNC(=O)C2(N3CCCC3)CCCC2)OCC1=O. The van der Waals surface area contributed by atoms with Gasteiger partial charge in [-0.05, 0) is 38.8 Å². The van der Waals surface area contributed by atoms with Crippen LogP contribution in [-0.4, -0.2) is 73.1 Å². The summed E-state index contributed by atoms with van der Waals surface area (Å²) in [6.45, 7) is 3.26. The minimum atomic E-state index is -0.285. The number of hydrogen-bond donors (Lipinski definition) is 1. The van der Waals surface area contributed by atoms with Crippen molar-refractivity contribution in [3.05, 3.63) is 0 Å². The Morgan fingerprint density at radius 2 is 1.95 bits per heavy atom. The maximum atomic E-state index is 12.9. The van der Waals surface area contributed by atoms with E-state index < -0.39 is 0 Å². The van der Waals surface area contributed by atoms with Crippen molar-refractivity contribution in [2.45, 2.75) is 50.2 Å². The Hall–Kier alpha value is -1.14. The van der Waals surface area contributed by atoms with Crippen molar-refractivity contribution in [1.29, 1.82) is 0 Å². The molecular formula is C16H27N3O3. The second kappa shape index (κ2) is 6.54. The fourth-order valence-corrected chi connectivity index (χ4v) is 4.05. The highest BCUT2D eigenvalue weighted by Crippen LogP contribution is 2.37. The van der Waals surface area contributed by atoms with E-state index in [1.54, 1.807) is 11.9 Å². The van der Waals surface area contributed by atoms with Gasteiger partial charge in [0.2, 0.25) is 11.8 Å². The first-order valence-electron chi connectivity index (χ1n) is 8.51. The smallest absolute Gasteiger partial charge is 0.248 e. The van der Waals surface area contributed by atoms with Gasteiger partial charge in [0, 0.05) is 20.1 Å². The number of nitrogens with zero attached hydrogens (tertiary/aromatic N) is 2. The summed E-state index contributed by atoms with van der Waals surface area (Å²) < 4.78 is 5.51. The molecule has 0 radical (unpaired) electrons. The maximum absolute atomic E-state index is 12.9. The van der Waals surface area contributed by atoms with E-state index in [0.29, 0.717) is 13.1 Å². The molecular weight excluding hydrogens is 282 g/mol. The third-order valence-corrected chi connectivity index (χ3v) is 5.40. The number of morpholine rings is 1. The quantitative estimate of drug-likeness (QED) is 0.815. The summed E-state index contributed by atoms with van der Waals surface area (Å²) in [7, 11) is 1.78. The van der Waals surface area contributed by atoms with E-state index >= 15 is 0 Å². The summed E-state index contributed by atoms with van der Waals surface area (Å²) in [5.74, 6) is 0.168. The fourth-order valence-electron chi connectivity index (χ4n) is 4.05. The lowest BCUT2D eigenvalue weighted by Gasteiger charge is -2.38. The third kappa shape index (κ3) is 2.99. The normalized spacial score (nSPS) is 29.0. The van der Waals surface area contributed by atoms with Crippen molar-refractivity contribution in [3.8, 4) is 0 Å². The molecule has 22 heavy (non-hydrogen) atoms. The van der Waals surface area contributed by atoms with E-state index in [1.165, 1.54) is 12.8 Å². The standard InChI is InChI=1S/C16H27N3O3/c1-18-11-13(22-12-14(18)20)10-17-15(21)16(6-2-3-7-16)19-8-4-5-9-19/h13H,2-12H2,1H3,(H,17,21). The zero-order valence-electron chi connectivity index (χ0n) is 13.5. The minimum absolute atomic E-state index is 0.00639. The summed E-state index contributed by atoms with van der Waals surface area (Å²) in [6.07, 6.45) is 6.54. The summed E-state index contributed by atoms with van der Waals surface area (Å²) in [6, 6.07) is 0. The lowest BCUT2D eigenvalue weighted by Crippen LogP contribution is -2.58. The van der Waals surface area contributed by atoms with Gasteiger partial charge < -0.3 is 15.0 Å². The van der Waals surface area contributed by atoms with Crippen molar-refractivity contribution >= 4 is 11.8 Å². The summed E-state index contributed by atoms with van der Waals surface area (Å²) in [5, 5.41) is 3.10. The number of rotatable bonds is 4. The van der Waals surface area contributed by atoms with Gasteiger partial charge in [-0.3, -0.25) is 14.5 Å². The van der Waals surface area contributed by atoms with E-state index in [-0.39, 0.29) is 30.1 Å². The molecule has 124 valence electrons. The molecule has 2 saturated heterocycles. The number of likely N-dealkylation sites (N-methyl/N-ethyl adjacent to an activating group) is 1. The molecule has 2 amide bonds. The first kappa shape index (κ1) is 15.7. The van der Waals surface area contributed by atoms with E-state index in [4.69, 9.17) is 4.74 Å². The van der Waals surface area contributed by atoms with Gasteiger partial charge in [0.1, 0.15) is 12.1 Å². The summed E-state index contributed by atoms with van der Waals surface area (Å²) >= 11 is 0. The van der Waals surface area contributed by atoms with Crippen LogP contribution in [-0.2, 0) is 14.3 Å². The Morgan fingerprint density at radius 3 is 2.59 bits per heavy atom. The number of carbonyl (C=O) groups is 2. The van der Waals surface area contributed by atoms with Crippen LogP contribution < -0.4 is 5.32 Å². The highest BCUT2D eigenvalue weighted by atomic mass is 16.5. The lowest BCUT2D eigenvalue weighted by atomic mass is 9.94. The molecule has 3 fully saturated rings. The van der Waals surface area contributed by atoms with Gasteiger partial charge in [-0.15, -0.1) is 0 Å². The zero-order valence-corrected chi connectivity index (χ0v) is 13.5. The second-order valence-electron chi connectivity index (χ2n) is 6.85. The Bertz CT molecular complexity index is 428. The molecule has 1 unspecified atom stereocenters. The highest BCUT2D eigenvalue weighted by Gasteiger charge is 2.46. The molecule has 2 heterocycles. The average Bonchev–Trinajstić information content (AvgIpc) is 3.19. The number of nitrogens with one attached hydrogen (secondary N) is 1. The predicted molar refractivity (Wildman–Crippen MR) is 82.4 cm³/mol. The monoisotopic (exact) mass is 309 g/mol. The van der Waals surface area contributed by atoms with Crippen LogP contribution in [0.25, 0.3) is 0 Å². The van der Waals surface area contributed by atoms with Crippen LogP contribution in [0.3, 0.4) is 0 Å². The van der Waals surface area contributed by atoms with Gasteiger partial charge in [-0.2, -0.15) is 0 Å². The van der Waals surface area contributed by atoms with E-state index in [2.05, 4.69) is 10.2 Å². The molecule has 1 N–H and O–H groups in total. The molecule has 3 aliphatic rings. The first-order chi connectivity index (χ1) is 10.6. The van der Waals surface area contributed by atoms with E-state index in [0.717, 1.165) is 38.8 Å². The molecule has 0 bridgehead atoms. The minimum Gasteiger partial charge on any atom is -0.365 e.